The molecule has 2 aromatic carbocycles. The third-order valence-electron chi connectivity index (χ3n) is 5.52. The van der Waals surface area contributed by atoms with E-state index in [1.807, 2.05) is 12.2 Å². The van der Waals surface area contributed by atoms with Gasteiger partial charge in [-0.3, -0.25) is 0 Å². The van der Waals surface area contributed by atoms with Gasteiger partial charge in [-0.05, 0) is 0 Å². The molecular formula is C28H28O2Zr. The Morgan fingerprint density at radius 2 is 1.10 bits per heavy atom. The van der Waals surface area contributed by atoms with Gasteiger partial charge < -0.3 is 0 Å². The van der Waals surface area contributed by atoms with Crippen molar-refractivity contribution in [3.63, 3.8) is 0 Å². The van der Waals surface area contributed by atoms with Gasteiger partial charge in [0, 0.05) is 0 Å². The molecule has 0 atom stereocenters. The van der Waals surface area contributed by atoms with E-state index in [9.17, 15) is 0 Å². The summed E-state index contributed by atoms with van der Waals surface area (Å²) in [4.78, 5) is 0. The molecule has 0 bridgehead atoms. The number of hydrogen-bond acceptors (Lipinski definition) is 2. The minimum absolute atomic E-state index is 0.854. The molecule has 0 unspecified atom stereocenters. The Bertz CT molecular complexity index is 966. The van der Waals surface area contributed by atoms with E-state index < -0.39 is 21.1 Å². The summed E-state index contributed by atoms with van der Waals surface area (Å²) < 4.78 is 16.4. The summed E-state index contributed by atoms with van der Waals surface area (Å²) in [5.74, 6) is 1.74. The molecule has 0 aromatic heterocycles. The van der Waals surface area contributed by atoms with Crippen molar-refractivity contribution in [1.29, 1.82) is 0 Å². The molecule has 0 spiro atoms. The number of rotatable bonds is 10. The molecule has 4 rings (SSSR count). The fourth-order valence-corrected chi connectivity index (χ4v) is 12.1. The molecule has 0 saturated heterocycles. The zero-order valence-electron chi connectivity index (χ0n) is 17.8. The fourth-order valence-electron chi connectivity index (χ4n) is 3.92. The van der Waals surface area contributed by atoms with Gasteiger partial charge in [-0.1, -0.05) is 0 Å². The average molecular weight is 488 g/mol. The van der Waals surface area contributed by atoms with Crippen LogP contribution in [-0.2, 0) is 34.0 Å². The topological polar surface area (TPSA) is 18.5 Å². The van der Waals surface area contributed by atoms with Crippen LogP contribution < -0.4 is 5.63 Å². The predicted molar refractivity (Wildman–Crippen MR) is 126 cm³/mol. The molecule has 0 heterocycles. The molecule has 0 fully saturated rings. The maximum absolute atomic E-state index is 6.91. The maximum atomic E-state index is 6.91. The first-order chi connectivity index (χ1) is 15.2. The van der Waals surface area contributed by atoms with Gasteiger partial charge in [-0.15, -0.1) is 0 Å². The van der Waals surface area contributed by atoms with E-state index in [4.69, 9.17) is 5.63 Å². The van der Waals surface area contributed by atoms with Crippen molar-refractivity contribution in [2.75, 3.05) is 0 Å². The van der Waals surface area contributed by atoms with E-state index in [2.05, 4.69) is 98.1 Å². The predicted octanol–water partition coefficient (Wildman–Crippen LogP) is 7.27. The van der Waals surface area contributed by atoms with Crippen molar-refractivity contribution in [3.05, 3.63) is 128 Å². The Kier molecular flexibility index (Phi) is 7.04. The van der Waals surface area contributed by atoms with Crippen molar-refractivity contribution in [3.8, 4) is 11.5 Å². The van der Waals surface area contributed by atoms with Crippen LogP contribution in [0.25, 0.3) is 0 Å². The fraction of sp³-hybridized carbons (Fsp3) is 0.143. The molecule has 2 aromatic rings. The number of hydrogen-bond donors (Lipinski definition) is 0. The van der Waals surface area contributed by atoms with E-state index in [0.29, 0.717) is 0 Å². The van der Waals surface area contributed by atoms with Crippen molar-refractivity contribution in [1.82, 2.24) is 0 Å². The Balaban J connectivity index is 1.71. The molecule has 0 aliphatic heterocycles. The SMILES string of the molecule is C=CCc1ccc([O][Zr]([O]c2ccc(CC=C)cc2)([C]2=CC=CC2)[C]2=CC=CC2)cc1. The van der Waals surface area contributed by atoms with Crippen LogP contribution in [0.3, 0.4) is 0 Å². The normalized spacial score (nSPS) is 14.8. The molecule has 0 N–H and O–H groups in total. The van der Waals surface area contributed by atoms with Crippen LogP contribution in [-0.4, -0.2) is 0 Å². The summed E-state index contributed by atoms with van der Waals surface area (Å²) >= 11 is -3.92. The van der Waals surface area contributed by atoms with Crippen LogP contribution in [0, 0.1) is 0 Å². The van der Waals surface area contributed by atoms with Crippen LogP contribution in [0.5, 0.6) is 11.5 Å². The average Bonchev–Trinajstić information content (AvgIpc) is 3.51. The van der Waals surface area contributed by atoms with Gasteiger partial charge in [0.1, 0.15) is 0 Å². The third-order valence-corrected chi connectivity index (χ3v) is 14.1. The van der Waals surface area contributed by atoms with Gasteiger partial charge >= 0.3 is 192 Å². The molecule has 0 radical (unpaired) electrons. The Labute approximate surface area is 191 Å². The second kappa shape index (κ2) is 10.1. The third kappa shape index (κ3) is 5.00. The molecule has 2 nitrogen and oxygen atoms in total. The van der Waals surface area contributed by atoms with Crippen LogP contribution in [0.2, 0.25) is 0 Å². The Morgan fingerprint density at radius 3 is 1.42 bits per heavy atom. The first-order valence-electron chi connectivity index (χ1n) is 10.7. The molecule has 31 heavy (non-hydrogen) atoms. The summed E-state index contributed by atoms with van der Waals surface area (Å²) in [6.07, 6.45) is 20.3. The summed E-state index contributed by atoms with van der Waals surface area (Å²) in [6, 6.07) is 16.7. The molecule has 2 aliphatic rings. The van der Waals surface area contributed by atoms with Gasteiger partial charge in [0.25, 0.3) is 0 Å². The minimum atomic E-state index is -3.92. The summed E-state index contributed by atoms with van der Waals surface area (Å²) in [7, 11) is 0. The number of allylic oxidation sites excluding steroid dienone is 10. The van der Waals surface area contributed by atoms with Gasteiger partial charge in [0.15, 0.2) is 0 Å². The van der Waals surface area contributed by atoms with E-state index in [-0.39, 0.29) is 0 Å². The molecule has 2 aliphatic carbocycles. The number of benzene rings is 2. The second-order valence-corrected chi connectivity index (χ2v) is 14.9. The van der Waals surface area contributed by atoms with E-state index >= 15 is 0 Å². The van der Waals surface area contributed by atoms with Crippen molar-refractivity contribution in [2.45, 2.75) is 25.7 Å². The molecule has 0 amide bonds. The van der Waals surface area contributed by atoms with E-state index in [0.717, 1.165) is 37.2 Å². The zero-order chi connectivity index (χ0) is 21.5. The van der Waals surface area contributed by atoms with Gasteiger partial charge in [-0.2, -0.15) is 0 Å². The van der Waals surface area contributed by atoms with Crippen molar-refractivity contribution >= 4 is 0 Å². The molecular weight excluding hydrogens is 460 g/mol. The summed E-state index contributed by atoms with van der Waals surface area (Å²) in [6.45, 7) is 7.66. The molecule has 3 heteroatoms. The summed E-state index contributed by atoms with van der Waals surface area (Å²) in [5.41, 5.74) is 2.45. The Hall–Kier alpha value is -2.64. The van der Waals surface area contributed by atoms with Crippen molar-refractivity contribution in [2.24, 2.45) is 0 Å². The molecule has 0 saturated carbocycles. The van der Waals surface area contributed by atoms with Crippen LogP contribution >= 0.6 is 0 Å². The van der Waals surface area contributed by atoms with Crippen LogP contribution in [0.1, 0.15) is 24.0 Å². The van der Waals surface area contributed by atoms with Crippen molar-refractivity contribution < 1.29 is 26.8 Å². The molecule has 156 valence electrons. The van der Waals surface area contributed by atoms with Crippen LogP contribution in [0.15, 0.2) is 117 Å². The van der Waals surface area contributed by atoms with E-state index in [1.165, 1.54) is 17.7 Å². The quantitative estimate of drug-likeness (QED) is 0.328. The van der Waals surface area contributed by atoms with E-state index in [1.54, 1.807) is 0 Å². The van der Waals surface area contributed by atoms with Gasteiger partial charge in [0.2, 0.25) is 0 Å². The van der Waals surface area contributed by atoms with Gasteiger partial charge in [-0.25, -0.2) is 0 Å². The zero-order valence-corrected chi connectivity index (χ0v) is 20.3. The van der Waals surface area contributed by atoms with Crippen LogP contribution in [0.4, 0.5) is 0 Å². The second-order valence-electron chi connectivity index (χ2n) is 7.74. The standard InChI is InChI=1S/2C9H10O.2C5H5.Zr/c2*1-2-3-8-4-6-9(10)7-5-8;2*1-2-4-5-3-1;/h2*2,4-7,10H,1,3H2;2*1-3H,4H2;/q;;;;+2/p-2. The Morgan fingerprint density at radius 1 is 0.677 bits per heavy atom. The van der Waals surface area contributed by atoms with Gasteiger partial charge in [0.05, 0.1) is 0 Å². The summed E-state index contributed by atoms with van der Waals surface area (Å²) in [5, 5.41) is 0. The first kappa shape index (κ1) is 21.6. The monoisotopic (exact) mass is 486 g/mol. The first-order valence-corrected chi connectivity index (χ1v) is 15.2.